The predicted molar refractivity (Wildman–Crippen MR) is 114 cm³/mol. The maximum atomic E-state index is 13.3. The molecule has 2 N–H and O–H groups in total. The zero-order valence-corrected chi connectivity index (χ0v) is 16.9. The first-order valence-corrected chi connectivity index (χ1v) is 10.3. The van der Waals surface area contributed by atoms with E-state index in [4.69, 9.17) is 0 Å². The van der Waals surface area contributed by atoms with Crippen LogP contribution in [0.2, 0.25) is 0 Å². The number of nitrogens with one attached hydrogen (secondary N) is 2. The van der Waals surface area contributed by atoms with Gasteiger partial charge in [-0.15, -0.1) is 5.10 Å². The maximum Gasteiger partial charge on any atom is 0.290 e. The second-order valence-electron chi connectivity index (χ2n) is 6.56. The van der Waals surface area contributed by atoms with Crippen LogP contribution >= 0.6 is 11.8 Å². The molecular weight excluding hydrogens is 405 g/mol. The average Bonchev–Trinajstić information content (AvgIpc) is 3.20. The summed E-state index contributed by atoms with van der Waals surface area (Å²) in [7, 11) is 0. The van der Waals surface area contributed by atoms with Crippen molar-refractivity contribution in [2.45, 2.75) is 18.5 Å². The van der Waals surface area contributed by atoms with E-state index in [0.29, 0.717) is 22.1 Å². The first-order chi connectivity index (χ1) is 14.5. The summed E-state index contributed by atoms with van der Waals surface area (Å²) in [6, 6.07) is 15.3. The number of nitrogens with zero attached hydrogens (tertiary/aromatic N) is 3. The zero-order chi connectivity index (χ0) is 21.1. The molecule has 2 aromatic carbocycles. The third-order valence-corrected chi connectivity index (χ3v) is 5.40. The fraction of sp³-hybridized carbons (Fsp3) is 0.143. The molecule has 7 nitrogen and oxygen atoms in total. The smallest absolute Gasteiger partial charge is 0.290 e. The van der Waals surface area contributed by atoms with Gasteiger partial charge in [0.05, 0.1) is 11.4 Å². The second-order valence-corrected chi connectivity index (χ2v) is 7.50. The van der Waals surface area contributed by atoms with E-state index < -0.39 is 5.82 Å². The van der Waals surface area contributed by atoms with Crippen LogP contribution in [0.15, 0.2) is 64.5 Å². The Morgan fingerprint density at radius 3 is 2.73 bits per heavy atom. The van der Waals surface area contributed by atoms with Crippen molar-refractivity contribution in [3.8, 4) is 11.3 Å². The molecule has 0 aliphatic heterocycles. The van der Waals surface area contributed by atoms with Gasteiger partial charge < -0.3 is 5.32 Å². The number of thioether (sulfide) groups is 1. The molecule has 0 spiro atoms. The minimum absolute atomic E-state index is 0.0189. The molecule has 0 atom stereocenters. The molecule has 0 radical (unpaired) electrons. The van der Waals surface area contributed by atoms with E-state index in [1.54, 1.807) is 12.1 Å². The van der Waals surface area contributed by atoms with Gasteiger partial charge in [0.1, 0.15) is 11.3 Å². The number of hydrogen-bond donors (Lipinski definition) is 2. The highest BCUT2D eigenvalue weighted by atomic mass is 32.2. The highest BCUT2D eigenvalue weighted by molar-refractivity contribution is 7.99. The summed E-state index contributed by atoms with van der Waals surface area (Å²) in [6.45, 7) is 2.08. The number of benzene rings is 2. The summed E-state index contributed by atoms with van der Waals surface area (Å²) in [5.41, 5.74) is 3.08. The molecule has 0 saturated heterocycles. The first-order valence-electron chi connectivity index (χ1n) is 9.29. The molecule has 4 rings (SSSR count). The Kier molecular flexibility index (Phi) is 5.62. The van der Waals surface area contributed by atoms with Crippen molar-refractivity contribution < 1.29 is 9.18 Å². The van der Waals surface area contributed by atoms with Crippen molar-refractivity contribution >= 4 is 28.9 Å². The number of carbonyl (C=O) groups is 1. The van der Waals surface area contributed by atoms with Crippen LogP contribution in [0.1, 0.15) is 12.5 Å². The van der Waals surface area contributed by atoms with Crippen LogP contribution in [0.4, 0.5) is 10.1 Å². The van der Waals surface area contributed by atoms with Crippen molar-refractivity contribution in [2.75, 3.05) is 11.1 Å². The predicted octanol–water partition coefficient (Wildman–Crippen LogP) is 3.52. The van der Waals surface area contributed by atoms with Crippen LogP contribution in [0.3, 0.4) is 0 Å². The molecule has 1 amide bonds. The Morgan fingerprint density at radius 2 is 2.00 bits per heavy atom. The molecule has 152 valence electrons. The number of halogens is 1. The Hall–Kier alpha value is -3.46. The lowest BCUT2D eigenvalue weighted by Gasteiger charge is -2.05. The fourth-order valence-electron chi connectivity index (χ4n) is 2.93. The maximum absolute atomic E-state index is 13.3. The number of carbonyl (C=O) groups excluding carboxylic acids is 1. The van der Waals surface area contributed by atoms with Crippen LogP contribution in [0.5, 0.6) is 0 Å². The highest BCUT2D eigenvalue weighted by Crippen LogP contribution is 2.22. The minimum atomic E-state index is -0.430. The molecule has 9 heteroatoms. The molecule has 0 bridgehead atoms. The molecule has 0 unspecified atom stereocenters. The van der Waals surface area contributed by atoms with Crippen LogP contribution in [0.25, 0.3) is 16.8 Å². The lowest BCUT2D eigenvalue weighted by atomic mass is 10.1. The SMILES string of the molecule is CCc1ccc(-c2cc3c(=O)[nH]nc(SCC(=O)Nc4cccc(F)c4)n3n2)cc1. The topological polar surface area (TPSA) is 92.1 Å². The van der Waals surface area contributed by atoms with Gasteiger partial charge in [-0.3, -0.25) is 9.59 Å². The van der Waals surface area contributed by atoms with E-state index >= 15 is 0 Å². The van der Waals surface area contributed by atoms with E-state index in [9.17, 15) is 14.0 Å². The lowest BCUT2D eigenvalue weighted by molar-refractivity contribution is -0.113. The summed E-state index contributed by atoms with van der Waals surface area (Å²) >= 11 is 1.12. The van der Waals surface area contributed by atoms with E-state index in [2.05, 4.69) is 27.5 Å². The number of aryl methyl sites for hydroxylation is 1. The number of fused-ring (bicyclic) bond motifs is 1. The molecule has 2 aromatic heterocycles. The standard InChI is InChI=1S/C21H18FN5O2S/c1-2-13-6-8-14(9-7-13)17-11-18-20(29)24-25-21(27(18)26-17)30-12-19(28)23-16-5-3-4-15(22)10-16/h3-11H,2,12H2,1H3,(H,23,28)(H,24,29). The van der Waals surface area contributed by atoms with E-state index in [1.807, 2.05) is 24.3 Å². The summed E-state index contributed by atoms with van der Waals surface area (Å²) in [5.74, 6) is -0.736. The number of anilines is 1. The zero-order valence-electron chi connectivity index (χ0n) is 16.1. The Labute approximate surface area is 175 Å². The number of aromatic amines is 1. The number of aromatic nitrogens is 4. The van der Waals surface area contributed by atoms with Crippen molar-refractivity contribution in [1.29, 1.82) is 0 Å². The van der Waals surface area contributed by atoms with Crippen LogP contribution < -0.4 is 10.9 Å². The van der Waals surface area contributed by atoms with Gasteiger partial charge in [-0.2, -0.15) is 5.10 Å². The molecule has 0 saturated carbocycles. The van der Waals surface area contributed by atoms with Crippen molar-refractivity contribution in [3.05, 3.63) is 76.3 Å². The van der Waals surface area contributed by atoms with E-state index in [-0.39, 0.29) is 17.2 Å². The minimum Gasteiger partial charge on any atom is -0.325 e. The third-order valence-electron chi connectivity index (χ3n) is 4.47. The summed E-state index contributed by atoms with van der Waals surface area (Å²) in [5, 5.41) is 14.0. The van der Waals surface area contributed by atoms with Gasteiger partial charge in [-0.05, 0) is 36.2 Å². The Bertz CT molecular complexity index is 1270. The van der Waals surface area contributed by atoms with Crippen LogP contribution in [-0.2, 0) is 11.2 Å². The molecule has 0 aliphatic carbocycles. The monoisotopic (exact) mass is 423 g/mol. The molecular formula is C21H18FN5O2S. The molecule has 2 heterocycles. The van der Waals surface area contributed by atoms with Gasteiger partial charge in [-0.1, -0.05) is 49.0 Å². The second kappa shape index (κ2) is 8.50. The lowest BCUT2D eigenvalue weighted by Crippen LogP contribution is -2.17. The quantitative estimate of drug-likeness (QED) is 0.463. The van der Waals surface area contributed by atoms with Gasteiger partial charge in [-0.25, -0.2) is 14.0 Å². The number of amides is 1. The largest absolute Gasteiger partial charge is 0.325 e. The summed E-state index contributed by atoms with van der Waals surface area (Å²) in [4.78, 5) is 24.4. The third kappa shape index (κ3) is 4.25. The average molecular weight is 423 g/mol. The Balaban J connectivity index is 1.55. The molecule has 0 fully saturated rings. The normalized spacial score (nSPS) is 11.0. The molecule has 30 heavy (non-hydrogen) atoms. The van der Waals surface area contributed by atoms with Crippen molar-refractivity contribution in [3.63, 3.8) is 0 Å². The number of rotatable bonds is 6. The summed E-state index contributed by atoms with van der Waals surface area (Å²) < 4.78 is 14.7. The van der Waals surface area contributed by atoms with Crippen molar-refractivity contribution in [1.82, 2.24) is 19.8 Å². The van der Waals surface area contributed by atoms with Crippen LogP contribution in [0, 0.1) is 5.82 Å². The highest BCUT2D eigenvalue weighted by Gasteiger charge is 2.14. The van der Waals surface area contributed by atoms with Gasteiger partial charge in [0, 0.05) is 11.3 Å². The van der Waals surface area contributed by atoms with Gasteiger partial charge in [0.25, 0.3) is 5.56 Å². The first kappa shape index (κ1) is 19.8. The molecule has 4 aromatic rings. The van der Waals surface area contributed by atoms with E-state index in [0.717, 1.165) is 23.7 Å². The van der Waals surface area contributed by atoms with E-state index in [1.165, 1.54) is 28.3 Å². The fourth-order valence-corrected chi connectivity index (χ4v) is 3.64. The van der Waals surface area contributed by atoms with Crippen LogP contribution in [-0.4, -0.2) is 31.5 Å². The van der Waals surface area contributed by atoms with Gasteiger partial charge in [0.15, 0.2) is 0 Å². The Morgan fingerprint density at radius 1 is 1.20 bits per heavy atom. The van der Waals surface area contributed by atoms with Gasteiger partial charge in [0.2, 0.25) is 11.1 Å². The number of hydrogen-bond acceptors (Lipinski definition) is 5. The molecule has 0 aliphatic rings. The summed E-state index contributed by atoms with van der Waals surface area (Å²) in [6.07, 6.45) is 0.938. The van der Waals surface area contributed by atoms with Gasteiger partial charge >= 0.3 is 0 Å². The van der Waals surface area contributed by atoms with Crippen molar-refractivity contribution in [2.24, 2.45) is 0 Å². The number of H-pyrrole nitrogens is 1.